The number of hydrogen-bond donors (Lipinski definition) is 3. The van der Waals surface area contributed by atoms with Gasteiger partial charge >= 0.3 is 6.09 Å². The molecule has 0 rings (SSSR count). The predicted molar refractivity (Wildman–Crippen MR) is 84.4 cm³/mol. The highest BCUT2D eigenvalue weighted by molar-refractivity contribution is 14.0. The van der Waals surface area contributed by atoms with E-state index in [0.717, 1.165) is 13.0 Å². The van der Waals surface area contributed by atoms with Gasteiger partial charge in [-0.3, -0.25) is 4.99 Å². The van der Waals surface area contributed by atoms with Crippen LogP contribution >= 0.6 is 24.0 Å². The molecule has 0 aromatic heterocycles. The van der Waals surface area contributed by atoms with Gasteiger partial charge in [-0.2, -0.15) is 0 Å². The Morgan fingerprint density at radius 1 is 1.33 bits per heavy atom. The Hall–Kier alpha value is -0.730. The van der Waals surface area contributed by atoms with Crippen molar-refractivity contribution < 1.29 is 9.53 Å². The second-order valence-corrected chi connectivity index (χ2v) is 4.58. The van der Waals surface area contributed by atoms with Crippen molar-refractivity contribution >= 4 is 36.0 Å². The number of hydrogen-bond acceptors (Lipinski definition) is 3. The van der Waals surface area contributed by atoms with Gasteiger partial charge in [-0.05, 0) is 34.1 Å². The maximum absolute atomic E-state index is 11.3. The van der Waals surface area contributed by atoms with E-state index >= 15 is 0 Å². The molecular weight excluding hydrogens is 347 g/mol. The molecule has 6 nitrogen and oxygen atoms in total. The minimum atomic E-state index is -0.461. The van der Waals surface area contributed by atoms with Crippen molar-refractivity contribution in [3.63, 3.8) is 0 Å². The van der Waals surface area contributed by atoms with Gasteiger partial charge in [0.1, 0.15) is 5.60 Å². The largest absolute Gasteiger partial charge is 0.444 e. The third-order valence-electron chi connectivity index (χ3n) is 1.64. The summed E-state index contributed by atoms with van der Waals surface area (Å²) in [5.41, 5.74) is 5.08. The third-order valence-corrected chi connectivity index (χ3v) is 1.64. The standard InChI is InChI=1S/C11H24N4O2.HI/c1-5-13-9(12)14-7-6-8-15-10(16)17-11(2,3)4;/h5-8H2,1-4H3,(H,15,16)(H3,12,13,14);1H. The molecule has 0 saturated heterocycles. The van der Waals surface area contributed by atoms with Crippen molar-refractivity contribution in [1.29, 1.82) is 0 Å². The fraction of sp³-hybridized carbons (Fsp3) is 0.818. The summed E-state index contributed by atoms with van der Waals surface area (Å²) >= 11 is 0. The number of aliphatic imine (C=N–C) groups is 1. The molecular formula is C11H25IN4O2. The molecule has 0 heterocycles. The van der Waals surface area contributed by atoms with Gasteiger partial charge in [0, 0.05) is 19.6 Å². The lowest BCUT2D eigenvalue weighted by Crippen LogP contribution is -2.33. The average molecular weight is 372 g/mol. The second kappa shape index (κ2) is 10.2. The fourth-order valence-electron chi connectivity index (χ4n) is 1.02. The van der Waals surface area contributed by atoms with Crippen molar-refractivity contribution in [3.8, 4) is 0 Å². The van der Waals surface area contributed by atoms with Crippen LogP contribution < -0.4 is 16.4 Å². The number of carbonyl (C=O) groups is 1. The van der Waals surface area contributed by atoms with E-state index in [1.54, 1.807) is 0 Å². The van der Waals surface area contributed by atoms with Crippen LogP contribution in [0.25, 0.3) is 0 Å². The first-order chi connectivity index (χ1) is 7.85. The molecule has 0 aliphatic heterocycles. The molecule has 0 aromatic carbocycles. The first-order valence-corrected chi connectivity index (χ1v) is 5.86. The molecule has 1 amide bonds. The number of amides is 1. The first-order valence-electron chi connectivity index (χ1n) is 5.86. The minimum absolute atomic E-state index is 0. The topological polar surface area (TPSA) is 88.7 Å². The molecule has 0 saturated carbocycles. The monoisotopic (exact) mass is 372 g/mol. The van der Waals surface area contributed by atoms with Crippen molar-refractivity contribution in [2.45, 2.75) is 39.7 Å². The Kier molecular flexibility index (Phi) is 11.1. The number of nitrogens with two attached hydrogens (primary N) is 1. The molecule has 18 heavy (non-hydrogen) atoms. The predicted octanol–water partition coefficient (Wildman–Crippen LogP) is 1.44. The van der Waals surface area contributed by atoms with Crippen LogP contribution in [-0.4, -0.2) is 37.3 Å². The van der Waals surface area contributed by atoms with E-state index in [1.807, 2.05) is 27.7 Å². The highest BCUT2D eigenvalue weighted by Crippen LogP contribution is 2.06. The normalized spacial score (nSPS) is 11.4. The molecule has 0 bridgehead atoms. The Morgan fingerprint density at radius 3 is 2.44 bits per heavy atom. The molecule has 4 N–H and O–H groups in total. The van der Waals surface area contributed by atoms with Crippen molar-refractivity contribution in [2.24, 2.45) is 10.7 Å². The van der Waals surface area contributed by atoms with Gasteiger partial charge in [0.15, 0.2) is 5.96 Å². The quantitative estimate of drug-likeness (QED) is 0.295. The Morgan fingerprint density at radius 2 is 1.94 bits per heavy atom. The highest BCUT2D eigenvalue weighted by atomic mass is 127. The number of rotatable bonds is 5. The van der Waals surface area contributed by atoms with Crippen LogP contribution in [0.15, 0.2) is 4.99 Å². The number of carbonyl (C=O) groups excluding carboxylic acids is 1. The van der Waals surface area contributed by atoms with Gasteiger partial charge in [-0.15, -0.1) is 24.0 Å². The Labute approximate surface area is 126 Å². The molecule has 0 atom stereocenters. The lowest BCUT2D eigenvalue weighted by molar-refractivity contribution is 0.0527. The van der Waals surface area contributed by atoms with Crippen LogP contribution in [0.5, 0.6) is 0 Å². The van der Waals surface area contributed by atoms with E-state index in [9.17, 15) is 4.79 Å². The van der Waals surface area contributed by atoms with Gasteiger partial charge in [-0.1, -0.05) is 0 Å². The van der Waals surface area contributed by atoms with Crippen molar-refractivity contribution in [2.75, 3.05) is 19.6 Å². The zero-order chi connectivity index (χ0) is 13.3. The molecule has 0 aliphatic carbocycles. The van der Waals surface area contributed by atoms with Crippen molar-refractivity contribution in [3.05, 3.63) is 0 Å². The van der Waals surface area contributed by atoms with E-state index in [2.05, 4.69) is 15.6 Å². The van der Waals surface area contributed by atoms with E-state index in [1.165, 1.54) is 0 Å². The van der Waals surface area contributed by atoms with Crippen LogP contribution in [0.3, 0.4) is 0 Å². The molecule has 0 spiro atoms. The summed E-state index contributed by atoms with van der Waals surface area (Å²) in [4.78, 5) is 15.3. The summed E-state index contributed by atoms with van der Waals surface area (Å²) in [7, 11) is 0. The number of nitrogens with one attached hydrogen (secondary N) is 2. The molecule has 0 radical (unpaired) electrons. The maximum Gasteiger partial charge on any atom is 0.407 e. The maximum atomic E-state index is 11.3. The number of ether oxygens (including phenoxy) is 1. The van der Waals surface area contributed by atoms with Gasteiger partial charge in [0.05, 0.1) is 0 Å². The fourth-order valence-corrected chi connectivity index (χ4v) is 1.02. The summed E-state index contributed by atoms with van der Waals surface area (Å²) < 4.78 is 5.08. The van der Waals surface area contributed by atoms with Gasteiger partial charge < -0.3 is 21.1 Å². The first kappa shape index (κ1) is 19.6. The van der Waals surface area contributed by atoms with Crippen LogP contribution in [0.1, 0.15) is 34.1 Å². The van der Waals surface area contributed by atoms with Crippen LogP contribution in [0, 0.1) is 0 Å². The van der Waals surface area contributed by atoms with E-state index in [-0.39, 0.29) is 24.0 Å². The SMILES string of the molecule is CCNC(N)=NCCCNC(=O)OC(C)(C)C.I. The number of alkyl carbamates (subject to hydrolysis) is 1. The molecule has 7 heteroatoms. The van der Waals surface area contributed by atoms with Crippen LogP contribution in [0.4, 0.5) is 4.79 Å². The molecule has 108 valence electrons. The third kappa shape index (κ3) is 13.3. The summed E-state index contributed by atoms with van der Waals surface area (Å²) in [6, 6.07) is 0. The van der Waals surface area contributed by atoms with Crippen LogP contribution in [0.2, 0.25) is 0 Å². The van der Waals surface area contributed by atoms with Gasteiger partial charge in [-0.25, -0.2) is 4.79 Å². The Balaban J connectivity index is 0. The zero-order valence-corrected chi connectivity index (χ0v) is 13.9. The van der Waals surface area contributed by atoms with Gasteiger partial charge in [0.25, 0.3) is 0 Å². The summed E-state index contributed by atoms with van der Waals surface area (Å²) in [5, 5.41) is 5.55. The number of nitrogens with zero attached hydrogens (tertiary/aromatic N) is 1. The summed E-state index contributed by atoms with van der Waals surface area (Å²) in [5.74, 6) is 0.435. The van der Waals surface area contributed by atoms with E-state index < -0.39 is 11.7 Å². The van der Waals surface area contributed by atoms with E-state index in [0.29, 0.717) is 19.0 Å². The number of halogens is 1. The molecule has 0 aromatic rings. The second-order valence-electron chi connectivity index (χ2n) is 4.58. The lowest BCUT2D eigenvalue weighted by atomic mass is 10.2. The average Bonchev–Trinajstić information content (AvgIpc) is 2.14. The highest BCUT2D eigenvalue weighted by Gasteiger charge is 2.15. The number of guanidine groups is 1. The minimum Gasteiger partial charge on any atom is -0.444 e. The smallest absolute Gasteiger partial charge is 0.407 e. The van der Waals surface area contributed by atoms with Crippen LogP contribution in [-0.2, 0) is 4.74 Å². The molecule has 0 aliphatic rings. The molecule has 0 fully saturated rings. The van der Waals surface area contributed by atoms with Crippen molar-refractivity contribution in [1.82, 2.24) is 10.6 Å². The summed E-state index contributed by atoms with van der Waals surface area (Å²) in [6.07, 6.45) is 0.326. The Bertz CT molecular complexity index is 264. The van der Waals surface area contributed by atoms with E-state index in [4.69, 9.17) is 10.5 Å². The van der Waals surface area contributed by atoms with Gasteiger partial charge in [0.2, 0.25) is 0 Å². The molecule has 0 unspecified atom stereocenters. The zero-order valence-electron chi connectivity index (χ0n) is 11.6. The lowest BCUT2D eigenvalue weighted by Gasteiger charge is -2.19. The summed E-state index contributed by atoms with van der Waals surface area (Å²) in [6.45, 7) is 9.29.